The summed E-state index contributed by atoms with van der Waals surface area (Å²) >= 11 is 0. The Hall–Kier alpha value is -0.570. The fourth-order valence-electron chi connectivity index (χ4n) is 3.64. The van der Waals surface area contributed by atoms with Gasteiger partial charge < -0.3 is 10.2 Å². The lowest BCUT2D eigenvalue weighted by atomic mass is 9.81. The van der Waals surface area contributed by atoms with Gasteiger partial charge in [0.25, 0.3) is 0 Å². The van der Waals surface area contributed by atoms with Gasteiger partial charge >= 0.3 is 0 Å². The van der Waals surface area contributed by atoms with Crippen LogP contribution in [0.3, 0.4) is 0 Å². The second-order valence-electron chi connectivity index (χ2n) is 6.61. The summed E-state index contributed by atoms with van der Waals surface area (Å²) in [6, 6.07) is 0.511. The smallest absolute Gasteiger partial charge is 0.226 e. The molecule has 2 unspecified atom stereocenters. The number of rotatable bonds is 3. The van der Waals surface area contributed by atoms with Crippen molar-refractivity contribution in [3.8, 4) is 0 Å². The molecule has 2 rings (SSSR count). The lowest BCUT2D eigenvalue weighted by Gasteiger charge is -2.37. The van der Waals surface area contributed by atoms with Crippen molar-refractivity contribution in [2.75, 3.05) is 19.6 Å². The van der Waals surface area contributed by atoms with Crippen molar-refractivity contribution in [2.24, 2.45) is 11.3 Å². The highest BCUT2D eigenvalue weighted by atomic mass is 16.2. The summed E-state index contributed by atoms with van der Waals surface area (Å²) in [5.74, 6) is 0.679. The Bertz CT molecular complexity index is 299. The topological polar surface area (TPSA) is 32.3 Å². The van der Waals surface area contributed by atoms with Crippen LogP contribution >= 0.6 is 0 Å². The fraction of sp³-hybridized carbons (Fsp3) is 0.933. The highest BCUT2D eigenvalue weighted by Gasteiger charge is 2.41. The van der Waals surface area contributed by atoms with E-state index in [1.54, 1.807) is 0 Å². The summed E-state index contributed by atoms with van der Waals surface area (Å²) in [5.41, 5.74) is 0.211. The van der Waals surface area contributed by atoms with E-state index in [-0.39, 0.29) is 11.3 Å². The Morgan fingerprint density at radius 3 is 2.72 bits per heavy atom. The second-order valence-corrected chi connectivity index (χ2v) is 6.61. The quantitative estimate of drug-likeness (QED) is 0.836. The summed E-state index contributed by atoms with van der Waals surface area (Å²) in [5, 5.41) is 3.49. The summed E-state index contributed by atoms with van der Waals surface area (Å²) < 4.78 is 0. The van der Waals surface area contributed by atoms with Crippen molar-refractivity contribution in [2.45, 2.75) is 58.9 Å². The van der Waals surface area contributed by atoms with Crippen LogP contribution in [0, 0.1) is 11.3 Å². The summed E-state index contributed by atoms with van der Waals surface area (Å²) in [7, 11) is 0. The van der Waals surface area contributed by atoms with Gasteiger partial charge in [-0.1, -0.05) is 27.2 Å². The normalized spacial score (nSPS) is 31.6. The zero-order valence-corrected chi connectivity index (χ0v) is 12.2. The molecule has 0 radical (unpaired) electrons. The zero-order valence-electron chi connectivity index (χ0n) is 12.2. The minimum Gasteiger partial charge on any atom is -0.341 e. The minimum absolute atomic E-state index is 0.211. The highest BCUT2D eigenvalue weighted by molar-refractivity contribution is 5.80. The van der Waals surface area contributed by atoms with Gasteiger partial charge in [-0.05, 0) is 37.6 Å². The van der Waals surface area contributed by atoms with Crippen LogP contribution < -0.4 is 5.32 Å². The SMILES string of the molecule is CCNC1CCCN(C(=O)C2CCCC2(C)C)C1. The molecule has 104 valence electrons. The Kier molecular flexibility index (Phi) is 4.31. The molecule has 2 fully saturated rings. The first kappa shape index (κ1) is 13.9. The van der Waals surface area contributed by atoms with Gasteiger partial charge in [0, 0.05) is 25.0 Å². The van der Waals surface area contributed by atoms with Crippen LogP contribution in [0.1, 0.15) is 52.9 Å². The number of carbonyl (C=O) groups excluding carboxylic acids is 1. The number of carbonyl (C=O) groups is 1. The van der Waals surface area contributed by atoms with Crippen molar-refractivity contribution in [1.82, 2.24) is 10.2 Å². The zero-order chi connectivity index (χ0) is 13.2. The number of likely N-dealkylation sites (tertiary alicyclic amines) is 1. The average Bonchev–Trinajstić information content (AvgIpc) is 2.69. The number of hydrogen-bond donors (Lipinski definition) is 1. The van der Waals surface area contributed by atoms with Crippen LogP contribution in [0.2, 0.25) is 0 Å². The van der Waals surface area contributed by atoms with E-state index in [1.165, 1.54) is 19.3 Å². The summed E-state index contributed by atoms with van der Waals surface area (Å²) in [6.45, 7) is 9.54. The first-order chi connectivity index (χ1) is 8.54. The monoisotopic (exact) mass is 252 g/mol. The molecular formula is C15H28N2O. The van der Waals surface area contributed by atoms with Gasteiger partial charge in [-0.25, -0.2) is 0 Å². The van der Waals surface area contributed by atoms with Crippen LogP contribution in [0.15, 0.2) is 0 Å². The third kappa shape index (κ3) is 2.87. The molecule has 2 aliphatic rings. The van der Waals surface area contributed by atoms with Gasteiger partial charge in [-0.3, -0.25) is 4.79 Å². The molecule has 3 heteroatoms. The highest BCUT2D eigenvalue weighted by Crippen LogP contribution is 2.43. The molecule has 0 bridgehead atoms. The largest absolute Gasteiger partial charge is 0.341 e. The molecule has 0 aromatic heterocycles. The molecular weight excluding hydrogens is 224 g/mol. The van der Waals surface area contributed by atoms with E-state index in [1.807, 2.05) is 0 Å². The second kappa shape index (κ2) is 5.60. The molecule has 1 heterocycles. The predicted molar refractivity (Wildman–Crippen MR) is 74.4 cm³/mol. The van der Waals surface area contributed by atoms with Gasteiger partial charge in [-0.2, -0.15) is 0 Å². The predicted octanol–water partition coefficient (Wildman–Crippen LogP) is 2.41. The lowest BCUT2D eigenvalue weighted by molar-refractivity contribution is -0.139. The molecule has 0 spiro atoms. The minimum atomic E-state index is 0.211. The van der Waals surface area contributed by atoms with E-state index in [9.17, 15) is 4.79 Å². The first-order valence-electron chi connectivity index (χ1n) is 7.57. The number of piperidine rings is 1. The van der Waals surface area contributed by atoms with Gasteiger partial charge in [0.05, 0.1) is 0 Å². The van der Waals surface area contributed by atoms with E-state index in [2.05, 4.69) is 31.0 Å². The number of nitrogens with zero attached hydrogens (tertiary/aromatic N) is 1. The molecule has 2 atom stereocenters. The molecule has 0 aromatic rings. The van der Waals surface area contributed by atoms with E-state index in [0.29, 0.717) is 11.9 Å². The van der Waals surface area contributed by atoms with E-state index >= 15 is 0 Å². The Balaban J connectivity index is 1.96. The lowest BCUT2D eigenvalue weighted by Crippen LogP contribution is -2.50. The van der Waals surface area contributed by atoms with E-state index in [4.69, 9.17) is 0 Å². The third-order valence-corrected chi connectivity index (χ3v) is 4.78. The van der Waals surface area contributed by atoms with Crippen LogP contribution in [0.5, 0.6) is 0 Å². The maximum absolute atomic E-state index is 12.7. The average molecular weight is 252 g/mol. The molecule has 1 saturated heterocycles. The maximum Gasteiger partial charge on any atom is 0.226 e. The van der Waals surface area contributed by atoms with Crippen LogP contribution in [-0.2, 0) is 4.79 Å². The van der Waals surface area contributed by atoms with Crippen LogP contribution in [0.25, 0.3) is 0 Å². The fourth-order valence-corrected chi connectivity index (χ4v) is 3.64. The van der Waals surface area contributed by atoms with Crippen molar-refractivity contribution < 1.29 is 4.79 Å². The molecule has 3 nitrogen and oxygen atoms in total. The van der Waals surface area contributed by atoms with Crippen molar-refractivity contribution >= 4 is 5.91 Å². The van der Waals surface area contributed by atoms with Gasteiger partial charge in [-0.15, -0.1) is 0 Å². The maximum atomic E-state index is 12.7. The van der Waals surface area contributed by atoms with Crippen LogP contribution in [-0.4, -0.2) is 36.5 Å². The molecule has 1 saturated carbocycles. The number of nitrogens with one attached hydrogen (secondary N) is 1. The molecule has 1 amide bonds. The van der Waals surface area contributed by atoms with Gasteiger partial charge in [0.2, 0.25) is 5.91 Å². The number of amides is 1. The molecule has 18 heavy (non-hydrogen) atoms. The Morgan fingerprint density at radius 1 is 1.33 bits per heavy atom. The molecule has 0 aromatic carbocycles. The van der Waals surface area contributed by atoms with Crippen molar-refractivity contribution in [3.63, 3.8) is 0 Å². The van der Waals surface area contributed by atoms with Crippen molar-refractivity contribution in [3.05, 3.63) is 0 Å². The summed E-state index contributed by atoms with van der Waals surface area (Å²) in [4.78, 5) is 14.8. The summed E-state index contributed by atoms with van der Waals surface area (Å²) in [6.07, 6.45) is 5.87. The molecule has 1 aliphatic heterocycles. The van der Waals surface area contributed by atoms with Crippen LogP contribution in [0.4, 0.5) is 0 Å². The van der Waals surface area contributed by atoms with E-state index in [0.717, 1.165) is 32.5 Å². The molecule has 1 aliphatic carbocycles. The van der Waals surface area contributed by atoms with Gasteiger partial charge in [0.1, 0.15) is 0 Å². The number of likely N-dealkylation sites (N-methyl/N-ethyl adjacent to an activating group) is 1. The van der Waals surface area contributed by atoms with E-state index < -0.39 is 0 Å². The van der Waals surface area contributed by atoms with Gasteiger partial charge in [0.15, 0.2) is 0 Å². The molecule has 1 N–H and O–H groups in total. The van der Waals surface area contributed by atoms with Crippen molar-refractivity contribution in [1.29, 1.82) is 0 Å². The first-order valence-corrected chi connectivity index (χ1v) is 7.57. The Morgan fingerprint density at radius 2 is 2.11 bits per heavy atom. The third-order valence-electron chi connectivity index (χ3n) is 4.78. The standard InChI is InChI=1S/C15H28N2O/c1-4-16-12-7-6-10-17(11-12)14(18)13-8-5-9-15(13,2)3/h12-13,16H,4-11H2,1-3H3. The Labute approximate surface area is 111 Å². The number of hydrogen-bond acceptors (Lipinski definition) is 2.